The molecule has 0 aliphatic heterocycles. The average molecular weight is 229 g/mol. The largest absolute Gasteiger partial charge is 0.377 e. The van der Waals surface area contributed by atoms with Gasteiger partial charge in [0, 0.05) is 19.7 Å². The fourth-order valence-corrected chi connectivity index (χ4v) is 2.11. The van der Waals surface area contributed by atoms with Gasteiger partial charge in [0.1, 0.15) is 0 Å². The minimum absolute atomic E-state index is 0.0555. The highest BCUT2D eigenvalue weighted by Crippen LogP contribution is 2.25. The van der Waals surface area contributed by atoms with Gasteiger partial charge in [-0.1, -0.05) is 27.7 Å². The molecule has 2 heteroatoms. The van der Waals surface area contributed by atoms with Crippen LogP contribution in [0.3, 0.4) is 0 Å². The van der Waals surface area contributed by atoms with Crippen LogP contribution in [0.15, 0.2) is 0 Å². The van der Waals surface area contributed by atoms with Gasteiger partial charge in [0.25, 0.3) is 0 Å². The molecule has 0 radical (unpaired) electrons. The predicted molar refractivity (Wildman–Crippen MR) is 71.9 cm³/mol. The fraction of sp³-hybridized carbons (Fsp3) is 1.00. The SMILES string of the molecule is CC[C@@H](CC(C)(C)C)N(C)CC(C)(C)OC. The Hall–Kier alpha value is -0.0800. The van der Waals surface area contributed by atoms with Crippen LogP contribution in [0, 0.1) is 5.41 Å². The Kier molecular flexibility index (Phi) is 5.99. The van der Waals surface area contributed by atoms with Crippen molar-refractivity contribution in [2.75, 3.05) is 20.7 Å². The van der Waals surface area contributed by atoms with E-state index >= 15 is 0 Å². The Morgan fingerprint density at radius 2 is 1.62 bits per heavy atom. The number of nitrogens with zero attached hydrogens (tertiary/aromatic N) is 1. The van der Waals surface area contributed by atoms with Crippen molar-refractivity contribution >= 4 is 0 Å². The zero-order chi connectivity index (χ0) is 13.0. The fourth-order valence-electron chi connectivity index (χ4n) is 2.11. The van der Waals surface area contributed by atoms with E-state index < -0.39 is 0 Å². The Bertz CT molecular complexity index is 193. The molecule has 0 N–H and O–H groups in total. The van der Waals surface area contributed by atoms with Gasteiger partial charge in [0.2, 0.25) is 0 Å². The highest BCUT2D eigenvalue weighted by Gasteiger charge is 2.25. The van der Waals surface area contributed by atoms with E-state index in [-0.39, 0.29) is 5.60 Å². The van der Waals surface area contributed by atoms with E-state index in [2.05, 4.69) is 53.5 Å². The van der Waals surface area contributed by atoms with E-state index in [0.29, 0.717) is 11.5 Å². The molecule has 0 amide bonds. The Morgan fingerprint density at radius 3 is 1.94 bits per heavy atom. The lowest BCUT2D eigenvalue weighted by Gasteiger charge is -2.37. The van der Waals surface area contributed by atoms with Crippen molar-refractivity contribution < 1.29 is 4.74 Å². The smallest absolute Gasteiger partial charge is 0.0749 e. The lowest BCUT2D eigenvalue weighted by molar-refractivity contribution is -0.0148. The number of hydrogen-bond donors (Lipinski definition) is 0. The van der Waals surface area contributed by atoms with E-state index in [9.17, 15) is 0 Å². The third kappa shape index (κ3) is 6.49. The second kappa shape index (κ2) is 6.02. The standard InChI is InChI=1S/C14H31NO/c1-9-12(10-13(2,3)4)15(7)11-14(5,6)16-8/h12H,9-11H2,1-8H3/t12-/m0/s1. The van der Waals surface area contributed by atoms with Crippen LogP contribution in [0.25, 0.3) is 0 Å². The van der Waals surface area contributed by atoms with Gasteiger partial charge in [-0.05, 0) is 39.2 Å². The van der Waals surface area contributed by atoms with Gasteiger partial charge >= 0.3 is 0 Å². The molecule has 98 valence electrons. The molecule has 0 bridgehead atoms. The first kappa shape index (κ1) is 15.9. The second-order valence-electron chi connectivity index (χ2n) is 6.71. The molecule has 16 heavy (non-hydrogen) atoms. The van der Waals surface area contributed by atoms with Crippen LogP contribution in [-0.2, 0) is 4.74 Å². The van der Waals surface area contributed by atoms with Crippen LogP contribution >= 0.6 is 0 Å². The molecule has 0 aliphatic rings. The predicted octanol–water partition coefficient (Wildman–Crippen LogP) is 3.56. The summed E-state index contributed by atoms with van der Waals surface area (Å²) < 4.78 is 5.49. The van der Waals surface area contributed by atoms with Crippen LogP contribution in [0.2, 0.25) is 0 Å². The molecule has 0 fully saturated rings. The van der Waals surface area contributed by atoms with Crippen molar-refractivity contribution in [3.05, 3.63) is 0 Å². The summed E-state index contributed by atoms with van der Waals surface area (Å²) in [5.74, 6) is 0. The summed E-state index contributed by atoms with van der Waals surface area (Å²) in [7, 11) is 4.00. The summed E-state index contributed by atoms with van der Waals surface area (Å²) in [6, 6.07) is 0.648. The summed E-state index contributed by atoms with van der Waals surface area (Å²) in [5.41, 5.74) is 0.339. The topological polar surface area (TPSA) is 12.5 Å². The molecule has 1 atom stereocenters. The number of rotatable bonds is 6. The lowest BCUT2D eigenvalue weighted by atomic mass is 9.86. The summed E-state index contributed by atoms with van der Waals surface area (Å²) >= 11 is 0. The average Bonchev–Trinajstić information content (AvgIpc) is 2.12. The van der Waals surface area contributed by atoms with E-state index in [4.69, 9.17) is 4.74 Å². The minimum atomic E-state index is -0.0555. The van der Waals surface area contributed by atoms with Crippen LogP contribution < -0.4 is 0 Å². The highest BCUT2D eigenvalue weighted by molar-refractivity contribution is 4.80. The van der Waals surface area contributed by atoms with Crippen molar-refractivity contribution in [3.8, 4) is 0 Å². The second-order valence-corrected chi connectivity index (χ2v) is 6.71. The number of hydrogen-bond acceptors (Lipinski definition) is 2. The number of ether oxygens (including phenoxy) is 1. The zero-order valence-corrected chi connectivity index (χ0v) is 12.6. The molecule has 0 aromatic carbocycles. The molecular formula is C14H31NO. The highest BCUT2D eigenvalue weighted by atomic mass is 16.5. The van der Waals surface area contributed by atoms with Gasteiger partial charge in [-0.3, -0.25) is 0 Å². The summed E-state index contributed by atoms with van der Waals surface area (Å²) in [6.45, 7) is 14.5. The van der Waals surface area contributed by atoms with Crippen LogP contribution in [0.1, 0.15) is 54.4 Å². The van der Waals surface area contributed by atoms with Crippen molar-refractivity contribution in [1.29, 1.82) is 0 Å². The molecule has 0 aromatic heterocycles. The van der Waals surface area contributed by atoms with E-state index in [1.807, 2.05) is 0 Å². The first-order chi connectivity index (χ1) is 7.11. The van der Waals surface area contributed by atoms with Crippen molar-refractivity contribution in [2.24, 2.45) is 5.41 Å². The molecular weight excluding hydrogens is 198 g/mol. The van der Waals surface area contributed by atoms with Gasteiger partial charge in [-0.15, -0.1) is 0 Å². The molecule has 0 unspecified atom stereocenters. The van der Waals surface area contributed by atoms with E-state index in [1.54, 1.807) is 7.11 Å². The summed E-state index contributed by atoms with van der Waals surface area (Å²) in [6.07, 6.45) is 2.44. The van der Waals surface area contributed by atoms with E-state index in [1.165, 1.54) is 12.8 Å². The van der Waals surface area contributed by atoms with Crippen molar-refractivity contribution in [2.45, 2.75) is 66.0 Å². The minimum Gasteiger partial charge on any atom is -0.377 e. The van der Waals surface area contributed by atoms with Gasteiger partial charge in [-0.2, -0.15) is 0 Å². The van der Waals surface area contributed by atoms with Crippen LogP contribution in [0.5, 0.6) is 0 Å². The van der Waals surface area contributed by atoms with Crippen LogP contribution in [0.4, 0.5) is 0 Å². The summed E-state index contributed by atoms with van der Waals surface area (Å²) in [5, 5.41) is 0. The molecule has 0 aliphatic carbocycles. The Labute approximate surface area is 102 Å². The lowest BCUT2D eigenvalue weighted by Crippen LogP contribution is -2.44. The number of likely N-dealkylation sites (N-methyl/N-ethyl adjacent to an activating group) is 1. The molecule has 0 rings (SSSR count). The number of methoxy groups -OCH3 is 1. The molecule has 0 saturated heterocycles. The van der Waals surface area contributed by atoms with Crippen molar-refractivity contribution in [1.82, 2.24) is 4.90 Å². The van der Waals surface area contributed by atoms with Gasteiger partial charge < -0.3 is 9.64 Å². The molecule has 0 saturated carbocycles. The van der Waals surface area contributed by atoms with Gasteiger partial charge in [0.05, 0.1) is 5.60 Å². The Balaban J connectivity index is 4.37. The first-order valence-corrected chi connectivity index (χ1v) is 6.36. The molecule has 0 spiro atoms. The normalized spacial score (nSPS) is 15.6. The Morgan fingerprint density at radius 1 is 1.12 bits per heavy atom. The van der Waals surface area contributed by atoms with Gasteiger partial charge in [-0.25, -0.2) is 0 Å². The first-order valence-electron chi connectivity index (χ1n) is 6.36. The molecule has 0 heterocycles. The molecule has 0 aromatic rings. The third-order valence-electron chi connectivity index (χ3n) is 3.13. The van der Waals surface area contributed by atoms with E-state index in [0.717, 1.165) is 6.54 Å². The van der Waals surface area contributed by atoms with Gasteiger partial charge in [0.15, 0.2) is 0 Å². The maximum absolute atomic E-state index is 5.49. The third-order valence-corrected chi connectivity index (χ3v) is 3.13. The monoisotopic (exact) mass is 229 g/mol. The van der Waals surface area contributed by atoms with Crippen LogP contribution in [-0.4, -0.2) is 37.2 Å². The molecule has 2 nitrogen and oxygen atoms in total. The maximum Gasteiger partial charge on any atom is 0.0749 e. The quantitative estimate of drug-likeness (QED) is 0.690. The maximum atomic E-state index is 5.49. The van der Waals surface area contributed by atoms with Crippen molar-refractivity contribution in [3.63, 3.8) is 0 Å². The summed E-state index contributed by atoms with van der Waals surface area (Å²) in [4.78, 5) is 2.44. The zero-order valence-electron chi connectivity index (χ0n) is 12.6.